The zero-order valence-electron chi connectivity index (χ0n) is 19.6. The van der Waals surface area contributed by atoms with Crippen LogP contribution in [0.25, 0.3) is 0 Å². The van der Waals surface area contributed by atoms with Gasteiger partial charge in [0.2, 0.25) is 5.91 Å². The fraction of sp³-hybridized carbons (Fsp3) is 0.231. The molecular weight excluding hydrogens is 482 g/mol. The molecule has 3 N–H and O–H groups in total. The Labute approximate surface area is 212 Å². The van der Waals surface area contributed by atoms with Gasteiger partial charge in [0.05, 0.1) is 0 Å². The van der Waals surface area contributed by atoms with Crippen molar-refractivity contribution in [2.24, 2.45) is 0 Å². The maximum Gasteiger partial charge on any atom is 0.322 e. The van der Waals surface area contributed by atoms with Gasteiger partial charge in [-0.05, 0) is 60.7 Å². The van der Waals surface area contributed by atoms with Gasteiger partial charge in [-0.3, -0.25) is 19.3 Å². The second-order valence-corrected chi connectivity index (χ2v) is 9.48. The molecule has 0 aromatic heterocycles. The van der Waals surface area contributed by atoms with Crippen molar-refractivity contribution in [3.8, 4) is 0 Å². The molecular formula is C26H24ClN5O4. The predicted octanol–water partition coefficient (Wildman–Crippen LogP) is 3.65. The van der Waals surface area contributed by atoms with Crippen molar-refractivity contribution in [1.29, 1.82) is 0 Å². The van der Waals surface area contributed by atoms with Gasteiger partial charge in [0, 0.05) is 41.3 Å². The Hall–Kier alpha value is -4.11. The monoisotopic (exact) mass is 505 g/mol. The first kappa shape index (κ1) is 23.6. The Morgan fingerprint density at radius 2 is 1.83 bits per heavy atom. The van der Waals surface area contributed by atoms with Gasteiger partial charge in [-0.1, -0.05) is 30.3 Å². The summed E-state index contributed by atoms with van der Waals surface area (Å²) in [5, 5.41) is 9.06. The van der Waals surface area contributed by atoms with Crippen molar-refractivity contribution in [2.75, 3.05) is 10.6 Å². The van der Waals surface area contributed by atoms with Crippen LogP contribution in [-0.2, 0) is 27.5 Å². The number of anilines is 2. The molecule has 1 saturated heterocycles. The number of halogens is 1. The number of allylic oxidation sites excluding steroid dienone is 1. The average Bonchev–Trinajstić information content (AvgIpc) is 3.37. The number of benzene rings is 2. The summed E-state index contributed by atoms with van der Waals surface area (Å²) in [6.07, 6.45) is 2.05. The van der Waals surface area contributed by atoms with Gasteiger partial charge >= 0.3 is 6.03 Å². The van der Waals surface area contributed by atoms with Crippen LogP contribution in [-0.4, -0.2) is 39.6 Å². The molecule has 2 aromatic carbocycles. The van der Waals surface area contributed by atoms with Gasteiger partial charge in [-0.15, -0.1) is 0 Å². The number of rotatable bonds is 4. The lowest BCUT2D eigenvalue weighted by Crippen LogP contribution is -2.52. The van der Waals surface area contributed by atoms with E-state index in [1.165, 1.54) is 6.08 Å². The Morgan fingerprint density at radius 3 is 2.58 bits per heavy atom. The van der Waals surface area contributed by atoms with E-state index in [2.05, 4.69) is 22.5 Å². The Balaban J connectivity index is 1.24. The third-order valence-corrected chi connectivity index (χ3v) is 6.91. The molecule has 1 atom stereocenters. The third-order valence-electron chi connectivity index (χ3n) is 6.51. The smallest absolute Gasteiger partial charge is 0.322 e. The van der Waals surface area contributed by atoms with E-state index in [1.807, 2.05) is 25.1 Å². The van der Waals surface area contributed by atoms with Crippen LogP contribution in [0.5, 0.6) is 0 Å². The number of hydrogen-bond donors (Lipinski definition) is 3. The van der Waals surface area contributed by atoms with Crippen LogP contribution in [0.2, 0.25) is 5.02 Å². The Kier molecular flexibility index (Phi) is 6.01. The number of nitrogens with zero attached hydrogens (tertiary/aromatic N) is 2. The molecule has 5 amide bonds. The number of fused-ring (bicyclic) bond motifs is 1. The average molecular weight is 506 g/mol. The van der Waals surface area contributed by atoms with E-state index in [9.17, 15) is 19.2 Å². The number of aryl methyl sites for hydroxylation is 1. The van der Waals surface area contributed by atoms with Gasteiger partial charge in [0.15, 0.2) is 0 Å². The summed E-state index contributed by atoms with van der Waals surface area (Å²) in [4.78, 5) is 53.2. The SMILES string of the molecule is C=C1CCC(N2C(=O)C=C(Nc3ccc4c(c3)CN(C(=O)Nc3ccc(C)c(Cl)c3)C4)C2=O)C(=O)N1. The number of carbonyl (C=O) groups excluding carboxylic acids is 4. The molecule has 0 radical (unpaired) electrons. The lowest BCUT2D eigenvalue weighted by molar-refractivity contribution is -0.146. The first-order valence-electron chi connectivity index (χ1n) is 11.5. The van der Waals surface area contributed by atoms with E-state index in [4.69, 9.17) is 11.6 Å². The van der Waals surface area contributed by atoms with Crippen LogP contribution in [0.3, 0.4) is 0 Å². The van der Waals surface area contributed by atoms with Crippen LogP contribution in [0.15, 0.2) is 60.4 Å². The largest absolute Gasteiger partial charge is 0.351 e. The highest BCUT2D eigenvalue weighted by atomic mass is 35.5. The molecule has 9 nitrogen and oxygen atoms in total. The van der Waals surface area contributed by atoms with E-state index in [0.29, 0.717) is 48.0 Å². The van der Waals surface area contributed by atoms with E-state index in [-0.39, 0.29) is 11.7 Å². The molecule has 36 heavy (non-hydrogen) atoms. The van der Waals surface area contributed by atoms with Gasteiger partial charge < -0.3 is 20.9 Å². The molecule has 0 saturated carbocycles. The molecule has 3 aliphatic rings. The standard InChI is InChI=1S/C26H24ClN5O4/c1-14-3-6-19(10-20(14)27)30-26(36)31-12-16-5-7-18(9-17(16)13-31)29-21-11-23(33)32(25(21)35)22-8-4-15(2)28-24(22)34/h3,5-7,9-11,22,29H,2,4,8,12-13H2,1H3,(H,28,34)(H,30,36). The maximum absolute atomic E-state index is 12.9. The molecule has 184 valence electrons. The lowest BCUT2D eigenvalue weighted by atomic mass is 10.0. The fourth-order valence-corrected chi connectivity index (χ4v) is 4.70. The molecule has 1 unspecified atom stereocenters. The number of nitrogens with one attached hydrogen (secondary N) is 3. The highest BCUT2D eigenvalue weighted by molar-refractivity contribution is 6.31. The quantitative estimate of drug-likeness (QED) is 0.549. The van der Waals surface area contributed by atoms with Crippen molar-refractivity contribution >= 4 is 46.7 Å². The van der Waals surface area contributed by atoms with Crippen molar-refractivity contribution in [3.05, 3.63) is 82.2 Å². The number of imide groups is 1. The summed E-state index contributed by atoms with van der Waals surface area (Å²) in [6.45, 7) is 6.45. The summed E-state index contributed by atoms with van der Waals surface area (Å²) in [7, 11) is 0. The van der Waals surface area contributed by atoms with E-state index in [1.54, 1.807) is 23.1 Å². The van der Waals surface area contributed by atoms with Crippen molar-refractivity contribution in [3.63, 3.8) is 0 Å². The van der Waals surface area contributed by atoms with Crippen molar-refractivity contribution < 1.29 is 19.2 Å². The third kappa shape index (κ3) is 4.45. The normalized spacial score (nSPS) is 19.3. The molecule has 3 heterocycles. The van der Waals surface area contributed by atoms with Gasteiger partial charge in [-0.2, -0.15) is 0 Å². The second-order valence-electron chi connectivity index (χ2n) is 9.08. The minimum absolute atomic E-state index is 0.0981. The molecule has 1 fully saturated rings. The van der Waals surface area contributed by atoms with Gasteiger partial charge in [-0.25, -0.2) is 4.79 Å². The van der Waals surface area contributed by atoms with Crippen LogP contribution < -0.4 is 16.0 Å². The molecule has 2 aromatic rings. The second kappa shape index (κ2) is 9.16. The number of urea groups is 1. The van der Waals surface area contributed by atoms with E-state index >= 15 is 0 Å². The molecule has 5 rings (SSSR count). The van der Waals surface area contributed by atoms with Crippen molar-refractivity contribution in [1.82, 2.24) is 15.1 Å². The Bertz CT molecular complexity index is 1370. The number of carbonyl (C=O) groups is 4. The molecule has 10 heteroatoms. The van der Waals surface area contributed by atoms with Crippen LogP contribution >= 0.6 is 11.6 Å². The minimum Gasteiger partial charge on any atom is -0.351 e. The molecule has 0 aliphatic carbocycles. The zero-order valence-corrected chi connectivity index (χ0v) is 20.3. The topological polar surface area (TPSA) is 111 Å². The lowest BCUT2D eigenvalue weighted by Gasteiger charge is -2.29. The highest BCUT2D eigenvalue weighted by Crippen LogP contribution is 2.29. The first-order chi connectivity index (χ1) is 17.2. The predicted molar refractivity (Wildman–Crippen MR) is 135 cm³/mol. The van der Waals surface area contributed by atoms with Gasteiger partial charge in [0.1, 0.15) is 11.7 Å². The summed E-state index contributed by atoms with van der Waals surface area (Å²) in [6, 6.07) is 9.77. The first-order valence-corrected chi connectivity index (χ1v) is 11.9. The summed E-state index contributed by atoms with van der Waals surface area (Å²) in [5.41, 5.74) is 4.74. The summed E-state index contributed by atoms with van der Waals surface area (Å²) >= 11 is 6.15. The molecule has 3 aliphatic heterocycles. The van der Waals surface area contributed by atoms with Gasteiger partial charge in [0.25, 0.3) is 11.8 Å². The maximum atomic E-state index is 12.9. The summed E-state index contributed by atoms with van der Waals surface area (Å²) in [5.74, 6) is -1.49. The number of amides is 5. The Morgan fingerprint density at radius 1 is 1.08 bits per heavy atom. The number of piperidine rings is 1. The van der Waals surface area contributed by atoms with E-state index in [0.717, 1.165) is 21.6 Å². The fourth-order valence-electron chi connectivity index (χ4n) is 4.52. The van der Waals surface area contributed by atoms with Crippen LogP contribution in [0.4, 0.5) is 16.2 Å². The van der Waals surface area contributed by atoms with Crippen molar-refractivity contribution in [2.45, 2.75) is 38.9 Å². The van der Waals surface area contributed by atoms with Crippen LogP contribution in [0, 0.1) is 6.92 Å². The number of hydrogen-bond acceptors (Lipinski definition) is 5. The zero-order chi connectivity index (χ0) is 25.6. The van der Waals surface area contributed by atoms with E-state index < -0.39 is 23.8 Å². The van der Waals surface area contributed by atoms with Crippen LogP contribution in [0.1, 0.15) is 29.5 Å². The minimum atomic E-state index is -0.860. The molecule has 0 spiro atoms. The highest BCUT2D eigenvalue weighted by Gasteiger charge is 2.41. The summed E-state index contributed by atoms with van der Waals surface area (Å²) < 4.78 is 0. The molecule has 0 bridgehead atoms.